The first-order valence-corrected chi connectivity index (χ1v) is 7.00. The lowest BCUT2D eigenvalue weighted by molar-refractivity contribution is -0.122. The Morgan fingerprint density at radius 3 is 3.05 bits per heavy atom. The van der Waals surface area contributed by atoms with Crippen LogP contribution in [0.15, 0.2) is 24.3 Å². The molecule has 5 heteroatoms. The molecule has 0 saturated carbocycles. The maximum atomic E-state index is 12.2. The van der Waals surface area contributed by atoms with Gasteiger partial charge in [0.2, 0.25) is 5.91 Å². The van der Waals surface area contributed by atoms with Crippen molar-refractivity contribution in [2.75, 3.05) is 31.7 Å². The van der Waals surface area contributed by atoms with Crippen LogP contribution in [0.1, 0.15) is 12.5 Å². The molecular formula is C15H23N3O2. The third kappa shape index (κ3) is 3.29. The largest absolute Gasteiger partial charge is 0.383 e. The predicted molar refractivity (Wildman–Crippen MR) is 79.8 cm³/mol. The van der Waals surface area contributed by atoms with Crippen molar-refractivity contribution in [3.8, 4) is 0 Å². The number of ether oxygens (including phenoxy) is 1. The van der Waals surface area contributed by atoms with Crippen LogP contribution in [0.5, 0.6) is 0 Å². The van der Waals surface area contributed by atoms with E-state index in [1.807, 2.05) is 19.1 Å². The van der Waals surface area contributed by atoms with Crippen LogP contribution in [-0.4, -0.2) is 44.8 Å². The van der Waals surface area contributed by atoms with E-state index in [-0.39, 0.29) is 18.0 Å². The lowest BCUT2D eigenvalue weighted by Crippen LogP contribution is -2.52. The Hall–Kier alpha value is -1.59. The van der Waals surface area contributed by atoms with Crippen molar-refractivity contribution in [3.05, 3.63) is 29.8 Å². The van der Waals surface area contributed by atoms with Crippen LogP contribution in [0.2, 0.25) is 0 Å². The summed E-state index contributed by atoms with van der Waals surface area (Å²) in [6, 6.07) is 7.98. The number of carbonyl (C=O) groups excluding carboxylic acids is 1. The number of nitrogens with two attached hydrogens (primary N) is 1. The first kappa shape index (κ1) is 14.8. The maximum Gasteiger partial charge on any atom is 0.242 e. The quantitative estimate of drug-likeness (QED) is 0.770. The fraction of sp³-hybridized carbons (Fsp3) is 0.533. The highest BCUT2D eigenvalue weighted by atomic mass is 16.5. The number of nitrogens with zero attached hydrogens (tertiary/aromatic N) is 1. The first-order chi connectivity index (χ1) is 9.63. The van der Waals surface area contributed by atoms with Crippen molar-refractivity contribution in [2.45, 2.75) is 25.4 Å². The standard InChI is InChI=1S/C15H23N3O2/c1-11(15(19)17-7-8-20-2)18-10-13(16)9-12-5-3-4-6-14(12)18/h3-6,11,13H,7-10,16H2,1-2H3,(H,17,19). The number of benzene rings is 1. The summed E-state index contributed by atoms with van der Waals surface area (Å²) in [6.45, 7) is 3.67. The summed E-state index contributed by atoms with van der Waals surface area (Å²) >= 11 is 0. The Morgan fingerprint density at radius 1 is 1.55 bits per heavy atom. The Kier molecular flexibility index (Phi) is 4.98. The fourth-order valence-corrected chi connectivity index (χ4v) is 2.59. The smallest absolute Gasteiger partial charge is 0.242 e. The molecule has 0 radical (unpaired) electrons. The van der Waals surface area contributed by atoms with E-state index in [4.69, 9.17) is 10.5 Å². The van der Waals surface area contributed by atoms with Gasteiger partial charge in [0.25, 0.3) is 0 Å². The predicted octanol–water partition coefficient (Wildman–Crippen LogP) is 0.528. The van der Waals surface area contributed by atoms with Gasteiger partial charge in [0.05, 0.1) is 6.61 Å². The summed E-state index contributed by atoms with van der Waals surface area (Å²) in [7, 11) is 1.62. The second-order valence-electron chi connectivity index (χ2n) is 5.21. The highest BCUT2D eigenvalue weighted by molar-refractivity contribution is 5.85. The van der Waals surface area contributed by atoms with Gasteiger partial charge in [-0.15, -0.1) is 0 Å². The van der Waals surface area contributed by atoms with E-state index >= 15 is 0 Å². The minimum Gasteiger partial charge on any atom is -0.383 e. The lowest BCUT2D eigenvalue weighted by Gasteiger charge is -2.38. The normalized spacial score (nSPS) is 19.4. The second-order valence-corrected chi connectivity index (χ2v) is 5.21. The van der Waals surface area contributed by atoms with Crippen LogP contribution in [-0.2, 0) is 16.0 Å². The second kappa shape index (κ2) is 6.72. The van der Waals surface area contributed by atoms with Gasteiger partial charge in [-0.2, -0.15) is 0 Å². The van der Waals surface area contributed by atoms with Crippen molar-refractivity contribution < 1.29 is 9.53 Å². The zero-order valence-electron chi connectivity index (χ0n) is 12.1. The summed E-state index contributed by atoms with van der Waals surface area (Å²) in [4.78, 5) is 14.3. The van der Waals surface area contributed by atoms with Crippen LogP contribution in [0.3, 0.4) is 0 Å². The van der Waals surface area contributed by atoms with E-state index in [1.165, 1.54) is 5.56 Å². The summed E-state index contributed by atoms with van der Waals surface area (Å²) in [5, 5.41) is 2.88. The van der Waals surface area contributed by atoms with Gasteiger partial charge in [0.1, 0.15) is 6.04 Å². The van der Waals surface area contributed by atoms with Crippen molar-refractivity contribution in [2.24, 2.45) is 5.73 Å². The third-order valence-electron chi connectivity index (χ3n) is 3.67. The van der Waals surface area contributed by atoms with Gasteiger partial charge in [0.15, 0.2) is 0 Å². The minimum absolute atomic E-state index is 0.00551. The first-order valence-electron chi connectivity index (χ1n) is 7.00. The molecule has 0 bridgehead atoms. The van der Waals surface area contributed by atoms with Crippen LogP contribution < -0.4 is 16.0 Å². The Bertz CT molecular complexity index is 464. The highest BCUT2D eigenvalue weighted by Crippen LogP contribution is 2.27. The molecule has 2 atom stereocenters. The third-order valence-corrected chi connectivity index (χ3v) is 3.67. The van der Waals surface area contributed by atoms with E-state index in [1.54, 1.807) is 7.11 Å². The number of hydrogen-bond donors (Lipinski definition) is 2. The maximum absolute atomic E-state index is 12.2. The fourth-order valence-electron chi connectivity index (χ4n) is 2.59. The van der Waals surface area contributed by atoms with Gasteiger partial charge in [-0.1, -0.05) is 18.2 Å². The SMILES string of the molecule is COCCNC(=O)C(C)N1CC(N)Cc2ccccc21. The topological polar surface area (TPSA) is 67.6 Å². The molecule has 1 heterocycles. The molecule has 1 aromatic rings. The van der Waals surface area contributed by atoms with Gasteiger partial charge in [0, 0.05) is 31.9 Å². The molecule has 1 aromatic carbocycles. The van der Waals surface area contributed by atoms with Gasteiger partial charge in [-0.3, -0.25) is 4.79 Å². The molecule has 20 heavy (non-hydrogen) atoms. The molecule has 0 saturated heterocycles. The van der Waals surface area contributed by atoms with Crippen LogP contribution in [0, 0.1) is 0 Å². The lowest BCUT2D eigenvalue weighted by atomic mass is 9.97. The number of carbonyl (C=O) groups is 1. The summed E-state index contributed by atoms with van der Waals surface area (Å²) < 4.78 is 4.94. The zero-order valence-corrected chi connectivity index (χ0v) is 12.1. The Labute approximate surface area is 120 Å². The Balaban J connectivity index is 2.09. The van der Waals surface area contributed by atoms with Crippen molar-refractivity contribution in [1.29, 1.82) is 0 Å². The molecule has 2 rings (SSSR count). The number of amides is 1. The van der Waals surface area contributed by atoms with E-state index in [0.717, 1.165) is 12.1 Å². The highest BCUT2D eigenvalue weighted by Gasteiger charge is 2.28. The molecule has 110 valence electrons. The van der Waals surface area contributed by atoms with E-state index in [2.05, 4.69) is 22.3 Å². The molecule has 1 aliphatic heterocycles. The van der Waals surface area contributed by atoms with Gasteiger partial charge in [-0.05, 0) is 25.0 Å². The molecule has 3 N–H and O–H groups in total. The number of para-hydroxylation sites is 1. The van der Waals surface area contributed by atoms with Crippen LogP contribution >= 0.6 is 0 Å². The number of nitrogens with one attached hydrogen (secondary N) is 1. The molecule has 1 amide bonds. The molecule has 1 aliphatic rings. The molecule has 0 spiro atoms. The molecular weight excluding hydrogens is 254 g/mol. The summed E-state index contributed by atoms with van der Waals surface area (Å²) in [5.41, 5.74) is 8.43. The molecule has 5 nitrogen and oxygen atoms in total. The zero-order chi connectivity index (χ0) is 14.5. The number of fused-ring (bicyclic) bond motifs is 1. The van der Waals surface area contributed by atoms with Crippen molar-refractivity contribution in [3.63, 3.8) is 0 Å². The monoisotopic (exact) mass is 277 g/mol. The van der Waals surface area contributed by atoms with E-state index < -0.39 is 0 Å². The van der Waals surface area contributed by atoms with Gasteiger partial charge < -0.3 is 20.7 Å². The van der Waals surface area contributed by atoms with Crippen LogP contribution in [0.25, 0.3) is 0 Å². The average molecular weight is 277 g/mol. The summed E-state index contributed by atoms with van der Waals surface area (Å²) in [5.74, 6) is 0.00551. The number of methoxy groups -OCH3 is 1. The minimum atomic E-state index is -0.237. The van der Waals surface area contributed by atoms with E-state index in [9.17, 15) is 4.79 Å². The van der Waals surface area contributed by atoms with E-state index in [0.29, 0.717) is 19.7 Å². The molecule has 2 unspecified atom stereocenters. The number of hydrogen-bond acceptors (Lipinski definition) is 4. The molecule has 0 aliphatic carbocycles. The average Bonchev–Trinajstić information content (AvgIpc) is 2.45. The van der Waals surface area contributed by atoms with Crippen molar-refractivity contribution >= 4 is 11.6 Å². The summed E-state index contributed by atoms with van der Waals surface area (Å²) in [6.07, 6.45) is 0.866. The molecule has 0 aromatic heterocycles. The van der Waals surface area contributed by atoms with Gasteiger partial charge in [-0.25, -0.2) is 0 Å². The number of rotatable bonds is 5. The Morgan fingerprint density at radius 2 is 2.30 bits per heavy atom. The number of anilines is 1. The molecule has 0 fully saturated rings. The van der Waals surface area contributed by atoms with Crippen molar-refractivity contribution in [1.82, 2.24) is 5.32 Å². The van der Waals surface area contributed by atoms with Gasteiger partial charge >= 0.3 is 0 Å². The van der Waals surface area contributed by atoms with Crippen LogP contribution in [0.4, 0.5) is 5.69 Å².